The monoisotopic (exact) mass is 255 g/mol. The van der Waals surface area contributed by atoms with Gasteiger partial charge < -0.3 is 10.3 Å². The lowest BCUT2D eigenvalue weighted by Gasteiger charge is -2.28. The molecular weight excluding hydrogens is 241 g/mol. The third-order valence-corrected chi connectivity index (χ3v) is 4.94. The second-order valence-electron chi connectivity index (χ2n) is 4.18. The number of nitrogens with two attached hydrogens (primary N) is 1. The highest BCUT2D eigenvalue weighted by molar-refractivity contribution is 7.62. The first kappa shape index (κ1) is 11.3. The minimum atomic E-state index is -0.660. The Morgan fingerprint density at radius 2 is 2.00 bits per heavy atom. The lowest BCUT2D eigenvalue weighted by molar-refractivity contribution is 0.623. The molecule has 0 aliphatic carbocycles. The number of anilines is 1. The highest BCUT2D eigenvalue weighted by Gasteiger charge is 2.26. The molecule has 1 atom stereocenters. The Bertz CT molecular complexity index is 609. The summed E-state index contributed by atoms with van der Waals surface area (Å²) in [5, 5.41) is 1.25. The molecule has 1 aliphatic rings. The van der Waals surface area contributed by atoms with Gasteiger partial charge in [-0.15, -0.1) is 6.58 Å². The van der Waals surface area contributed by atoms with Crippen molar-refractivity contribution in [3.8, 4) is 16.9 Å². The van der Waals surface area contributed by atoms with E-state index in [-0.39, 0.29) is 0 Å². The van der Waals surface area contributed by atoms with Crippen LogP contribution in [0.5, 0.6) is 5.75 Å². The molecule has 0 radical (unpaired) electrons. The van der Waals surface area contributed by atoms with Gasteiger partial charge in [0.1, 0.15) is 13.9 Å². The van der Waals surface area contributed by atoms with Crippen molar-refractivity contribution < 1.29 is 4.52 Å². The van der Waals surface area contributed by atoms with Crippen LogP contribution >= 0.6 is 8.15 Å². The maximum absolute atomic E-state index is 6.09. The summed E-state index contributed by atoms with van der Waals surface area (Å²) in [4.78, 5) is 0. The number of rotatable bonds is 2. The van der Waals surface area contributed by atoms with E-state index in [1.807, 2.05) is 36.4 Å². The number of nitrogen functional groups attached to an aromatic ring is 1. The minimum absolute atomic E-state index is 0.660. The lowest BCUT2D eigenvalue weighted by Crippen LogP contribution is -2.16. The van der Waals surface area contributed by atoms with Crippen molar-refractivity contribution in [2.75, 3.05) is 11.9 Å². The zero-order chi connectivity index (χ0) is 12.5. The summed E-state index contributed by atoms with van der Waals surface area (Å²) in [5.41, 5.74) is 9.08. The van der Waals surface area contributed by atoms with Gasteiger partial charge in [-0.3, -0.25) is 0 Å². The first-order chi connectivity index (χ1) is 8.81. The van der Waals surface area contributed by atoms with Gasteiger partial charge in [-0.05, 0) is 17.7 Å². The molecule has 3 rings (SSSR count). The van der Waals surface area contributed by atoms with Crippen LogP contribution in [0.2, 0.25) is 0 Å². The Morgan fingerprint density at radius 1 is 1.17 bits per heavy atom. The predicted molar refractivity (Wildman–Crippen MR) is 78.5 cm³/mol. The lowest BCUT2D eigenvalue weighted by atomic mass is 10.0. The van der Waals surface area contributed by atoms with Crippen LogP contribution in [0, 0.1) is 0 Å². The van der Waals surface area contributed by atoms with Gasteiger partial charge in [0.15, 0.2) is 0 Å². The fourth-order valence-corrected chi connectivity index (χ4v) is 3.94. The van der Waals surface area contributed by atoms with Gasteiger partial charge in [-0.1, -0.05) is 36.4 Å². The Kier molecular flexibility index (Phi) is 2.81. The maximum atomic E-state index is 6.09. The molecule has 2 aromatic rings. The molecule has 1 heterocycles. The van der Waals surface area contributed by atoms with E-state index in [0.29, 0.717) is 0 Å². The van der Waals surface area contributed by atoms with E-state index in [2.05, 4.69) is 18.7 Å². The van der Waals surface area contributed by atoms with Crippen LogP contribution in [0.4, 0.5) is 5.69 Å². The standard InChI is InChI=1S/C15H14NOP/c1-2-10-18-14-9-4-3-6-11(14)15-12(16)7-5-8-13(15)17-18/h2-9H,1,10,16H2. The van der Waals surface area contributed by atoms with E-state index in [1.54, 1.807) is 0 Å². The van der Waals surface area contributed by atoms with Gasteiger partial charge in [-0.2, -0.15) is 0 Å². The number of benzene rings is 2. The van der Waals surface area contributed by atoms with E-state index >= 15 is 0 Å². The molecule has 18 heavy (non-hydrogen) atoms. The van der Waals surface area contributed by atoms with Crippen LogP contribution in [-0.2, 0) is 0 Å². The Morgan fingerprint density at radius 3 is 2.83 bits per heavy atom. The van der Waals surface area contributed by atoms with Gasteiger partial charge in [0.25, 0.3) is 0 Å². The van der Waals surface area contributed by atoms with Crippen LogP contribution in [0.3, 0.4) is 0 Å². The molecule has 2 nitrogen and oxygen atoms in total. The SMILES string of the molecule is C=CCP1Oc2cccc(N)c2-c2ccccc21. The fraction of sp³-hybridized carbons (Fsp3) is 0.0667. The molecule has 2 N–H and O–H groups in total. The van der Waals surface area contributed by atoms with Gasteiger partial charge in [0.2, 0.25) is 0 Å². The Balaban J connectivity index is 2.23. The summed E-state index contributed by atoms with van der Waals surface area (Å²) in [6, 6.07) is 14.2. The van der Waals surface area contributed by atoms with Crippen molar-refractivity contribution in [1.29, 1.82) is 0 Å². The predicted octanol–water partition coefficient (Wildman–Crippen LogP) is 3.54. The largest absolute Gasteiger partial charge is 0.468 e. The molecule has 0 spiro atoms. The third-order valence-electron chi connectivity index (χ3n) is 3.00. The zero-order valence-electron chi connectivity index (χ0n) is 9.97. The van der Waals surface area contributed by atoms with E-state index < -0.39 is 8.15 Å². The van der Waals surface area contributed by atoms with Crippen LogP contribution in [-0.4, -0.2) is 6.16 Å². The first-order valence-electron chi connectivity index (χ1n) is 5.85. The van der Waals surface area contributed by atoms with Crippen molar-refractivity contribution in [2.45, 2.75) is 0 Å². The van der Waals surface area contributed by atoms with E-state index in [0.717, 1.165) is 23.2 Å². The van der Waals surface area contributed by atoms with Crippen molar-refractivity contribution in [3.05, 3.63) is 55.1 Å². The molecule has 3 heteroatoms. The molecule has 90 valence electrons. The van der Waals surface area contributed by atoms with Crippen molar-refractivity contribution in [1.82, 2.24) is 0 Å². The van der Waals surface area contributed by atoms with Gasteiger partial charge >= 0.3 is 0 Å². The Hall–Kier alpha value is -1.79. The van der Waals surface area contributed by atoms with E-state index in [9.17, 15) is 0 Å². The molecule has 0 saturated carbocycles. The molecule has 0 amide bonds. The fourth-order valence-electron chi connectivity index (χ4n) is 2.24. The maximum Gasteiger partial charge on any atom is 0.133 e. The average molecular weight is 255 g/mol. The minimum Gasteiger partial charge on any atom is -0.468 e. The van der Waals surface area contributed by atoms with Crippen LogP contribution < -0.4 is 15.6 Å². The van der Waals surface area contributed by atoms with Crippen LogP contribution in [0.1, 0.15) is 0 Å². The van der Waals surface area contributed by atoms with Crippen LogP contribution in [0.15, 0.2) is 55.1 Å². The van der Waals surface area contributed by atoms with Gasteiger partial charge in [-0.25, -0.2) is 0 Å². The zero-order valence-corrected chi connectivity index (χ0v) is 10.9. The van der Waals surface area contributed by atoms with Gasteiger partial charge in [0.05, 0.1) is 0 Å². The molecule has 1 aliphatic heterocycles. The first-order valence-corrected chi connectivity index (χ1v) is 7.30. The second-order valence-corrected chi connectivity index (χ2v) is 5.97. The molecule has 0 saturated heterocycles. The molecular formula is C15H14NOP. The van der Waals surface area contributed by atoms with Crippen molar-refractivity contribution in [2.24, 2.45) is 0 Å². The highest BCUT2D eigenvalue weighted by atomic mass is 31.1. The smallest absolute Gasteiger partial charge is 0.133 e. The summed E-state index contributed by atoms with van der Waals surface area (Å²) in [5.74, 6) is 0.890. The summed E-state index contributed by atoms with van der Waals surface area (Å²) in [6.45, 7) is 3.81. The third kappa shape index (κ3) is 1.70. The number of hydrogen-bond donors (Lipinski definition) is 1. The highest BCUT2D eigenvalue weighted by Crippen LogP contribution is 2.50. The van der Waals surface area contributed by atoms with E-state index in [4.69, 9.17) is 10.3 Å². The van der Waals surface area contributed by atoms with Gasteiger partial charge in [0, 0.05) is 22.7 Å². The number of hydrogen-bond acceptors (Lipinski definition) is 2. The molecule has 0 fully saturated rings. The average Bonchev–Trinajstić information content (AvgIpc) is 2.39. The summed E-state index contributed by atoms with van der Waals surface area (Å²) >= 11 is 0. The molecule has 0 bridgehead atoms. The topological polar surface area (TPSA) is 35.2 Å². The molecule has 0 aromatic heterocycles. The molecule has 2 aromatic carbocycles. The quantitative estimate of drug-likeness (QED) is 0.506. The Labute approximate surface area is 108 Å². The molecule has 1 unspecified atom stereocenters. The second kappa shape index (κ2) is 4.47. The number of allylic oxidation sites excluding steroid dienone is 1. The number of fused-ring (bicyclic) bond motifs is 3. The van der Waals surface area contributed by atoms with Crippen LogP contribution in [0.25, 0.3) is 11.1 Å². The van der Waals surface area contributed by atoms with E-state index in [1.165, 1.54) is 10.9 Å². The normalized spacial score (nSPS) is 16.3. The summed E-state index contributed by atoms with van der Waals surface area (Å²) in [6.07, 6.45) is 2.78. The van der Waals surface area contributed by atoms with Crippen molar-refractivity contribution >= 4 is 19.1 Å². The van der Waals surface area contributed by atoms with Crippen molar-refractivity contribution in [3.63, 3.8) is 0 Å². The summed E-state index contributed by atoms with van der Waals surface area (Å²) in [7, 11) is -0.660. The summed E-state index contributed by atoms with van der Waals surface area (Å²) < 4.78 is 6.09.